The number of hydrogen-bond acceptors (Lipinski definition) is 4. The van der Waals surface area contributed by atoms with E-state index in [1.54, 1.807) is 12.4 Å². The fraction of sp³-hybridized carbons (Fsp3) is 0.556. The summed E-state index contributed by atoms with van der Waals surface area (Å²) in [4.78, 5) is 7.63. The zero-order chi connectivity index (χ0) is 11.0. The minimum Gasteiger partial charge on any atom is -0.227 e. The topological polar surface area (TPSA) is 59.9 Å². The Kier molecular flexibility index (Phi) is 2.63. The van der Waals surface area contributed by atoms with Crippen LogP contribution in [-0.2, 0) is 15.3 Å². The monoisotopic (exact) mass is 214 g/mol. The summed E-state index contributed by atoms with van der Waals surface area (Å²) >= 11 is 0. The van der Waals surface area contributed by atoms with Crippen molar-refractivity contribution in [1.82, 2.24) is 9.97 Å². The summed E-state index contributed by atoms with van der Waals surface area (Å²) in [6.07, 6.45) is 4.21. The molecule has 0 atom stereocenters. The van der Waals surface area contributed by atoms with E-state index in [4.69, 9.17) is 0 Å². The van der Waals surface area contributed by atoms with Gasteiger partial charge in [0.15, 0.2) is 0 Å². The molecule has 1 rings (SSSR count). The predicted octanol–water partition coefficient (Wildman–Crippen LogP) is 1.18. The lowest BCUT2D eigenvalue weighted by Gasteiger charge is -2.17. The molecule has 0 amide bonds. The second-order valence-electron chi connectivity index (χ2n) is 4.28. The van der Waals surface area contributed by atoms with Crippen molar-refractivity contribution in [2.24, 2.45) is 0 Å². The van der Waals surface area contributed by atoms with Gasteiger partial charge in [-0.2, -0.15) is 0 Å². The number of aromatic nitrogens is 2. The van der Waals surface area contributed by atoms with Crippen LogP contribution in [0, 0.1) is 0 Å². The van der Waals surface area contributed by atoms with E-state index >= 15 is 0 Å². The summed E-state index contributed by atoms with van der Waals surface area (Å²) in [5, 5.41) is -0.120. The first-order valence-corrected chi connectivity index (χ1v) is 6.13. The molecular formula is C9H14N2O2S. The van der Waals surface area contributed by atoms with Crippen LogP contribution in [0.25, 0.3) is 0 Å². The number of nitrogens with zero attached hydrogens (tertiary/aromatic N) is 2. The van der Waals surface area contributed by atoms with Gasteiger partial charge in [-0.25, -0.2) is 18.4 Å². The van der Waals surface area contributed by atoms with Crippen molar-refractivity contribution in [3.63, 3.8) is 0 Å². The summed E-state index contributed by atoms with van der Waals surface area (Å²) in [5.74, 6) is 0. The maximum absolute atomic E-state index is 11.1. The molecule has 14 heavy (non-hydrogen) atoms. The lowest BCUT2D eigenvalue weighted by Crippen LogP contribution is -2.13. The second-order valence-corrected chi connectivity index (χ2v) is 6.19. The van der Waals surface area contributed by atoms with Crippen molar-refractivity contribution in [2.45, 2.75) is 31.3 Å². The largest absolute Gasteiger partial charge is 0.246 e. The number of sulfone groups is 1. The van der Waals surface area contributed by atoms with Gasteiger partial charge >= 0.3 is 0 Å². The average Bonchev–Trinajstić information content (AvgIpc) is 2.01. The molecule has 0 saturated carbocycles. The fourth-order valence-electron chi connectivity index (χ4n) is 0.895. The van der Waals surface area contributed by atoms with E-state index in [-0.39, 0.29) is 10.6 Å². The third-order valence-electron chi connectivity index (χ3n) is 1.83. The minimum atomic E-state index is -3.29. The van der Waals surface area contributed by atoms with Crippen LogP contribution >= 0.6 is 0 Å². The highest BCUT2D eigenvalue weighted by atomic mass is 32.2. The van der Waals surface area contributed by atoms with Gasteiger partial charge in [0.1, 0.15) is 0 Å². The van der Waals surface area contributed by atoms with Crippen molar-refractivity contribution < 1.29 is 8.42 Å². The Bertz CT molecular complexity index is 415. The standard InChI is InChI=1S/C9H14N2O2S/c1-9(2,3)7-5-10-8(11-6-7)14(4,12)13/h5-6H,1-4H3. The third-order valence-corrected chi connectivity index (χ3v) is 2.70. The smallest absolute Gasteiger partial charge is 0.227 e. The third kappa shape index (κ3) is 2.51. The highest BCUT2D eigenvalue weighted by Crippen LogP contribution is 2.20. The molecule has 0 spiro atoms. The second kappa shape index (κ2) is 3.31. The molecule has 0 aliphatic carbocycles. The lowest BCUT2D eigenvalue weighted by atomic mass is 9.89. The number of rotatable bonds is 1. The zero-order valence-corrected chi connectivity index (χ0v) is 9.59. The van der Waals surface area contributed by atoms with Gasteiger partial charge in [0, 0.05) is 18.6 Å². The predicted molar refractivity (Wildman–Crippen MR) is 53.8 cm³/mol. The van der Waals surface area contributed by atoms with Crippen molar-refractivity contribution in [1.29, 1.82) is 0 Å². The molecule has 1 heterocycles. The van der Waals surface area contributed by atoms with E-state index in [2.05, 4.69) is 9.97 Å². The highest BCUT2D eigenvalue weighted by molar-refractivity contribution is 7.90. The van der Waals surface area contributed by atoms with Gasteiger partial charge in [-0.05, 0) is 11.0 Å². The fourth-order valence-corrected chi connectivity index (χ4v) is 1.38. The van der Waals surface area contributed by atoms with Crippen molar-refractivity contribution in [3.05, 3.63) is 18.0 Å². The van der Waals surface area contributed by atoms with E-state index in [1.165, 1.54) is 0 Å². The van der Waals surface area contributed by atoms with Crippen molar-refractivity contribution >= 4 is 9.84 Å². The number of hydrogen-bond donors (Lipinski definition) is 0. The Morgan fingerprint density at radius 2 is 1.57 bits per heavy atom. The molecule has 0 radical (unpaired) electrons. The molecule has 1 aromatic heterocycles. The van der Waals surface area contributed by atoms with E-state index in [0.29, 0.717) is 0 Å². The normalized spacial score (nSPS) is 12.9. The Labute approximate surface area is 84.3 Å². The van der Waals surface area contributed by atoms with E-state index in [0.717, 1.165) is 11.8 Å². The maximum atomic E-state index is 11.1. The van der Waals surface area contributed by atoms with Gasteiger partial charge < -0.3 is 0 Å². The summed E-state index contributed by atoms with van der Waals surface area (Å²) in [6.45, 7) is 6.06. The molecule has 1 aromatic rings. The summed E-state index contributed by atoms with van der Waals surface area (Å²) in [5.41, 5.74) is 0.862. The van der Waals surface area contributed by atoms with Crippen LogP contribution in [0.3, 0.4) is 0 Å². The molecule has 0 fully saturated rings. The molecule has 5 heteroatoms. The molecule has 0 aromatic carbocycles. The molecule has 0 bridgehead atoms. The Hall–Kier alpha value is -0.970. The van der Waals surface area contributed by atoms with Gasteiger partial charge in [-0.3, -0.25) is 0 Å². The lowest BCUT2D eigenvalue weighted by molar-refractivity contribution is 0.572. The molecular weight excluding hydrogens is 200 g/mol. The summed E-state index contributed by atoms with van der Waals surface area (Å²) in [7, 11) is -3.29. The first kappa shape index (κ1) is 11.1. The van der Waals surface area contributed by atoms with Crippen LogP contribution in [0.5, 0.6) is 0 Å². The van der Waals surface area contributed by atoms with Gasteiger partial charge in [0.05, 0.1) is 0 Å². The highest BCUT2D eigenvalue weighted by Gasteiger charge is 2.16. The molecule has 78 valence electrons. The molecule has 0 saturated heterocycles. The Morgan fingerprint density at radius 3 is 1.86 bits per heavy atom. The molecule has 0 unspecified atom stereocenters. The van der Waals surface area contributed by atoms with Crippen molar-refractivity contribution in [2.75, 3.05) is 6.26 Å². The van der Waals surface area contributed by atoms with Crippen molar-refractivity contribution in [3.8, 4) is 0 Å². The first-order chi connectivity index (χ1) is 6.21. The summed E-state index contributed by atoms with van der Waals surface area (Å²) < 4.78 is 22.1. The first-order valence-electron chi connectivity index (χ1n) is 4.24. The van der Waals surface area contributed by atoms with E-state index in [9.17, 15) is 8.42 Å². The average molecular weight is 214 g/mol. The van der Waals surface area contributed by atoms with Crippen LogP contribution in [0.1, 0.15) is 26.3 Å². The van der Waals surface area contributed by atoms with Gasteiger partial charge in [-0.1, -0.05) is 20.8 Å². The van der Waals surface area contributed by atoms with Crippen LogP contribution in [0.2, 0.25) is 0 Å². The van der Waals surface area contributed by atoms with Gasteiger partial charge in [0.2, 0.25) is 15.0 Å². The Morgan fingerprint density at radius 1 is 1.14 bits per heavy atom. The van der Waals surface area contributed by atoms with Crippen LogP contribution < -0.4 is 0 Å². The SMILES string of the molecule is CC(C)(C)c1cnc(S(C)(=O)=O)nc1. The van der Waals surface area contributed by atoms with Crippen LogP contribution in [0.15, 0.2) is 17.6 Å². The molecule has 4 nitrogen and oxygen atoms in total. The Balaban J connectivity index is 3.14. The molecule has 0 aliphatic rings. The summed E-state index contributed by atoms with van der Waals surface area (Å²) in [6, 6.07) is 0. The van der Waals surface area contributed by atoms with Gasteiger partial charge in [-0.15, -0.1) is 0 Å². The van der Waals surface area contributed by atoms with Crippen LogP contribution in [0.4, 0.5) is 0 Å². The maximum Gasteiger partial charge on any atom is 0.246 e. The van der Waals surface area contributed by atoms with Crippen LogP contribution in [-0.4, -0.2) is 24.6 Å². The molecule has 0 N–H and O–H groups in total. The minimum absolute atomic E-state index is 0.0595. The van der Waals surface area contributed by atoms with Gasteiger partial charge in [0.25, 0.3) is 0 Å². The quantitative estimate of drug-likeness (QED) is 0.659. The zero-order valence-electron chi connectivity index (χ0n) is 8.77. The molecule has 0 aliphatic heterocycles. The van der Waals surface area contributed by atoms with E-state index in [1.807, 2.05) is 20.8 Å². The van der Waals surface area contributed by atoms with E-state index < -0.39 is 9.84 Å².